The lowest BCUT2D eigenvalue weighted by atomic mass is 9.86. The number of carbonyl (C=O) groups is 1. The molecule has 174 valence electrons. The molecular formula is C27H27N3O4. The van der Waals surface area contributed by atoms with Crippen molar-refractivity contribution in [2.75, 3.05) is 13.1 Å². The molecule has 0 bridgehead atoms. The standard InChI is InChI=1S/C27H27N3O4/c1-18(2)33-23-9-7-19(15-20(23)17-31)26(32)29-13-11-27(12-14-29)25-10-8-21(16-28)30(25)22-5-3-4-6-24(22)34-27/h3-10,15,18,31H,11-14,17H2,1-2H3. The van der Waals surface area contributed by atoms with Gasteiger partial charge in [0, 0.05) is 37.1 Å². The van der Waals surface area contributed by atoms with Gasteiger partial charge in [0.1, 0.15) is 23.3 Å². The number of amides is 1. The Balaban J connectivity index is 1.39. The monoisotopic (exact) mass is 457 g/mol. The van der Waals surface area contributed by atoms with Crippen LogP contribution in [0.1, 0.15) is 54.0 Å². The molecule has 3 aromatic rings. The van der Waals surface area contributed by atoms with Crippen LogP contribution in [0.4, 0.5) is 0 Å². The molecule has 0 unspecified atom stereocenters. The molecular weight excluding hydrogens is 430 g/mol. The number of aromatic nitrogens is 1. The van der Waals surface area contributed by atoms with E-state index in [1.54, 1.807) is 18.2 Å². The molecule has 1 fully saturated rings. The minimum absolute atomic E-state index is 0.0220. The molecule has 0 aliphatic carbocycles. The van der Waals surface area contributed by atoms with Crippen molar-refractivity contribution in [1.82, 2.24) is 9.47 Å². The van der Waals surface area contributed by atoms with Gasteiger partial charge >= 0.3 is 0 Å². The van der Waals surface area contributed by atoms with Crippen molar-refractivity contribution in [1.29, 1.82) is 5.26 Å². The third-order valence-corrected chi connectivity index (χ3v) is 6.57. The van der Waals surface area contributed by atoms with E-state index in [9.17, 15) is 15.2 Å². The molecule has 2 aliphatic heterocycles. The number of aliphatic hydroxyl groups excluding tert-OH is 1. The van der Waals surface area contributed by atoms with Crippen molar-refractivity contribution in [2.45, 2.75) is 45.0 Å². The first-order valence-corrected chi connectivity index (χ1v) is 11.6. The third kappa shape index (κ3) is 3.61. The summed E-state index contributed by atoms with van der Waals surface area (Å²) in [4.78, 5) is 15.1. The van der Waals surface area contributed by atoms with E-state index in [0.29, 0.717) is 48.5 Å². The number of ether oxygens (including phenoxy) is 2. The average Bonchev–Trinajstić information content (AvgIpc) is 3.30. The zero-order valence-corrected chi connectivity index (χ0v) is 19.3. The Bertz CT molecular complexity index is 1280. The predicted molar refractivity (Wildman–Crippen MR) is 126 cm³/mol. The van der Waals surface area contributed by atoms with Gasteiger partial charge in [-0.1, -0.05) is 12.1 Å². The smallest absolute Gasteiger partial charge is 0.253 e. The minimum Gasteiger partial charge on any atom is -0.491 e. The highest BCUT2D eigenvalue weighted by atomic mass is 16.5. The number of hydrogen-bond acceptors (Lipinski definition) is 5. The highest BCUT2D eigenvalue weighted by Crippen LogP contribution is 2.46. The predicted octanol–water partition coefficient (Wildman–Crippen LogP) is 4.15. The van der Waals surface area contributed by atoms with E-state index in [0.717, 1.165) is 17.1 Å². The molecule has 0 atom stereocenters. The number of para-hydroxylation sites is 2. The molecule has 1 aromatic heterocycles. The van der Waals surface area contributed by atoms with Gasteiger partial charge in [-0.25, -0.2) is 0 Å². The fraction of sp³-hybridized carbons (Fsp3) is 0.333. The van der Waals surface area contributed by atoms with Gasteiger partial charge in [0.15, 0.2) is 5.60 Å². The summed E-state index contributed by atoms with van der Waals surface area (Å²) in [5.74, 6) is 1.26. The van der Waals surface area contributed by atoms with Crippen molar-refractivity contribution in [3.63, 3.8) is 0 Å². The van der Waals surface area contributed by atoms with Crippen LogP contribution in [0.15, 0.2) is 54.6 Å². The molecule has 1 saturated heterocycles. The summed E-state index contributed by atoms with van der Waals surface area (Å²) in [7, 11) is 0. The van der Waals surface area contributed by atoms with Crippen LogP contribution in [-0.4, -0.2) is 39.7 Å². The van der Waals surface area contributed by atoms with E-state index >= 15 is 0 Å². The van der Waals surface area contributed by atoms with Crippen LogP contribution in [-0.2, 0) is 12.2 Å². The number of carbonyl (C=O) groups excluding carboxylic acids is 1. The average molecular weight is 458 g/mol. The van der Waals surface area contributed by atoms with Crippen LogP contribution < -0.4 is 9.47 Å². The highest BCUT2D eigenvalue weighted by molar-refractivity contribution is 5.94. The number of likely N-dealkylation sites (tertiary alicyclic amines) is 1. The van der Waals surface area contributed by atoms with E-state index in [4.69, 9.17) is 9.47 Å². The zero-order chi connectivity index (χ0) is 23.9. The number of rotatable bonds is 4. The van der Waals surface area contributed by atoms with Gasteiger partial charge in [0.05, 0.1) is 24.1 Å². The highest BCUT2D eigenvalue weighted by Gasteiger charge is 2.45. The summed E-state index contributed by atoms with van der Waals surface area (Å²) >= 11 is 0. The van der Waals surface area contributed by atoms with Crippen LogP contribution >= 0.6 is 0 Å². The Morgan fingerprint density at radius 3 is 2.65 bits per heavy atom. The summed E-state index contributed by atoms with van der Waals surface area (Å²) in [6, 6.07) is 19.0. The molecule has 1 N–H and O–H groups in total. The Kier molecular flexibility index (Phi) is 5.54. The van der Waals surface area contributed by atoms with Gasteiger partial charge in [0.2, 0.25) is 0 Å². The number of benzene rings is 2. The quantitative estimate of drug-likeness (QED) is 0.636. The number of aliphatic hydroxyl groups is 1. The lowest BCUT2D eigenvalue weighted by molar-refractivity contribution is -0.00937. The summed E-state index contributed by atoms with van der Waals surface area (Å²) in [6.07, 6.45) is 1.21. The van der Waals surface area contributed by atoms with Crippen molar-refractivity contribution in [3.05, 3.63) is 77.1 Å². The number of hydrogen-bond donors (Lipinski definition) is 1. The zero-order valence-electron chi connectivity index (χ0n) is 19.3. The maximum absolute atomic E-state index is 13.3. The molecule has 0 radical (unpaired) electrons. The summed E-state index contributed by atoms with van der Waals surface area (Å²) in [6.45, 7) is 4.69. The molecule has 1 amide bonds. The maximum Gasteiger partial charge on any atom is 0.253 e. The van der Waals surface area contributed by atoms with Crippen LogP contribution in [0, 0.1) is 11.3 Å². The first-order valence-electron chi connectivity index (χ1n) is 11.6. The first-order chi connectivity index (χ1) is 16.5. The number of nitriles is 1. The summed E-state index contributed by atoms with van der Waals surface area (Å²) in [5, 5.41) is 19.4. The number of piperidine rings is 1. The lowest BCUT2D eigenvalue weighted by Gasteiger charge is -2.45. The molecule has 7 heteroatoms. The molecule has 5 rings (SSSR count). The fourth-order valence-corrected chi connectivity index (χ4v) is 4.95. The van der Waals surface area contributed by atoms with Crippen LogP contribution in [0.3, 0.4) is 0 Å². The Hall–Kier alpha value is -3.76. The normalized spacial score (nSPS) is 15.9. The molecule has 2 aliphatic rings. The van der Waals surface area contributed by atoms with Crippen LogP contribution in [0.25, 0.3) is 5.69 Å². The van der Waals surface area contributed by atoms with Crippen LogP contribution in [0.5, 0.6) is 11.5 Å². The molecule has 1 spiro atoms. The molecule has 0 saturated carbocycles. The molecule has 2 aromatic carbocycles. The Morgan fingerprint density at radius 1 is 1.18 bits per heavy atom. The van der Waals surface area contributed by atoms with E-state index in [2.05, 4.69) is 6.07 Å². The molecule has 34 heavy (non-hydrogen) atoms. The Labute approximate surface area is 198 Å². The largest absolute Gasteiger partial charge is 0.491 e. The number of fused-ring (bicyclic) bond motifs is 4. The first kappa shape index (κ1) is 22.1. The van der Waals surface area contributed by atoms with E-state index < -0.39 is 5.60 Å². The molecule has 3 heterocycles. The summed E-state index contributed by atoms with van der Waals surface area (Å²) < 4.78 is 14.3. The number of nitrogens with zero attached hydrogens (tertiary/aromatic N) is 3. The summed E-state index contributed by atoms with van der Waals surface area (Å²) in [5.41, 5.74) is 2.93. The second-order valence-corrected chi connectivity index (χ2v) is 9.05. The van der Waals surface area contributed by atoms with Gasteiger partial charge in [-0.15, -0.1) is 0 Å². The minimum atomic E-state index is -0.592. The maximum atomic E-state index is 13.3. The molecule has 7 nitrogen and oxygen atoms in total. The van der Waals surface area contributed by atoms with Crippen molar-refractivity contribution >= 4 is 5.91 Å². The van der Waals surface area contributed by atoms with Crippen molar-refractivity contribution in [3.8, 4) is 23.3 Å². The van der Waals surface area contributed by atoms with Gasteiger partial charge in [-0.3, -0.25) is 9.36 Å². The fourth-order valence-electron chi connectivity index (χ4n) is 4.95. The van der Waals surface area contributed by atoms with Crippen LogP contribution in [0.2, 0.25) is 0 Å². The van der Waals surface area contributed by atoms with Gasteiger partial charge < -0.3 is 19.5 Å². The second kappa shape index (κ2) is 8.54. The van der Waals surface area contributed by atoms with Gasteiger partial charge in [0.25, 0.3) is 5.91 Å². The lowest BCUT2D eigenvalue weighted by Crippen LogP contribution is -2.50. The van der Waals surface area contributed by atoms with Gasteiger partial charge in [-0.2, -0.15) is 5.26 Å². The third-order valence-electron chi connectivity index (χ3n) is 6.57. The van der Waals surface area contributed by atoms with E-state index in [1.807, 2.05) is 59.7 Å². The second-order valence-electron chi connectivity index (χ2n) is 9.05. The van der Waals surface area contributed by atoms with Crippen molar-refractivity contribution in [2.24, 2.45) is 0 Å². The van der Waals surface area contributed by atoms with Gasteiger partial charge in [-0.05, 0) is 56.3 Å². The Morgan fingerprint density at radius 2 is 1.94 bits per heavy atom. The van der Waals surface area contributed by atoms with E-state index in [-0.39, 0.29) is 18.6 Å². The van der Waals surface area contributed by atoms with E-state index in [1.165, 1.54) is 0 Å². The topological polar surface area (TPSA) is 87.7 Å². The SMILES string of the molecule is CC(C)Oc1ccc(C(=O)N2CCC3(CC2)Oc2ccccc2-n2c(C#N)ccc23)cc1CO. The van der Waals surface area contributed by atoms with Crippen molar-refractivity contribution < 1.29 is 19.4 Å².